The minimum atomic E-state index is -0.0538. The average Bonchev–Trinajstić information content (AvgIpc) is 3.47. The maximum atomic E-state index is 12.8. The van der Waals surface area contributed by atoms with Crippen LogP contribution in [0.3, 0.4) is 0 Å². The van der Waals surface area contributed by atoms with E-state index in [9.17, 15) is 4.79 Å². The molecule has 2 aromatic heterocycles. The second-order valence-corrected chi connectivity index (χ2v) is 6.33. The van der Waals surface area contributed by atoms with Crippen LogP contribution >= 0.6 is 0 Å². The molecule has 0 N–H and O–H groups in total. The first-order valence-corrected chi connectivity index (χ1v) is 8.58. The number of hydrogen-bond donors (Lipinski definition) is 0. The summed E-state index contributed by atoms with van der Waals surface area (Å²) in [5.41, 5.74) is 0.573. The fourth-order valence-electron chi connectivity index (χ4n) is 3.26. The molecule has 27 heavy (non-hydrogen) atoms. The van der Waals surface area contributed by atoms with Gasteiger partial charge in [0.05, 0.1) is 5.92 Å². The van der Waals surface area contributed by atoms with Crippen LogP contribution in [0.25, 0.3) is 11.6 Å². The Morgan fingerprint density at radius 1 is 1.11 bits per heavy atom. The lowest BCUT2D eigenvalue weighted by Crippen LogP contribution is -2.28. The monoisotopic (exact) mass is 365 g/mol. The van der Waals surface area contributed by atoms with E-state index in [1.807, 2.05) is 0 Å². The van der Waals surface area contributed by atoms with E-state index in [2.05, 4.69) is 20.1 Å². The number of rotatable bonds is 3. The van der Waals surface area contributed by atoms with Crippen molar-refractivity contribution in [2.24, 2.45) is 0 Å². The predicted octanol–water partition coefficient (Wildman–Crippen LogP) is 1.89. The highest BCUT2D eigenvalue weighted by Gasteiger charge is 2.32. The molecule has 0 aliphatic carbocycles. The summed E-state index contributed by atoms with van der Waals surface area (Å²) in [5.74, 6) is 2.46. The molecule has 3 aromatic rings. The van der Waals surface area contributed by atoms with E-state index < -0.39 is 0 Å². The Bertz CT molecular complexity index is 990. The summed E-state index contributed by atoms with van der Waals surface area (Å²) < 4.78 is 16.0. The van der Waals surface area contributed by atoms with Gasteiger partial charge in [-0.25, -0.2) is 9.97 Å². The van der Waals surface area contributed by atoms with Crippen molar-refractivity contribution in [3.63, 3.8) is 0 Å². The molecular weight excluding hydrogens is 350 g/mol. The van der Waals surface area contributed by atoms with Crippen LogP contribution in [0.4, 0.5) is 0 Å². The molecule has 0 radical (unpaired) electrons. The molecule has 0 spiro atoms. The van der Waals surface area contributed by atoms with Gasteiger partial charge in [0.2, 0.25) is 24.3 Å². The molecule has 9 heteroatoms. The van der Waals surface area contributed by atoms with Crippen molar-refractivity contribution in [3.05, 3.63) is 48.1 Å². The molecule has 136 valence electrons. The van der Waals surface area contributed by atoms with Gasteiger partial charge in [-0.15, -0.1) is 0 Å². The Kier molecular flexibility index (Phi) is 3.70. The van der Waals surface area contributed by atoms with E-state index in [4.69, 9.17) is 14.0 Å². The van der Waals surface area contributed by atoms with E-state index in [0.717, 1.165) is 6.42 Å². The largest absolute Gasteiger partial charge is 0.454 e. The number of likely N-dealkylation sites (tertiary alicyclic amines) is 1. The van der Waals surface area contributed by atoms with Gasteiger partial charge in [0.1, 0.15) is 0 Å². The molecule has 0 saturated carbocycles. The van der Waals surface area contributed by atoms with Gasteiger partial charge in [-0.2, -0.15) is 4.98 Å². The van der Waals surface area contributed by atoms with Gasteiger partial charge in [-0.05, 0) is 30.7 Å². The molecule has 5 rings (SSSR count). The topological polar surface area (TPSA) is 103 Å². The van der Waals surface area contributed by atoms with E-state index in [1.165, 1.54) is 0 Å². The number of aromatic nitrogens is 4. The molecule has 9 nitrogen and oxygen atoms in total. The summed E-state index contributed by atoms with van der Waals surface area (Å²) in [6, 6.07) is 6.95. The number of amides is 1. The van der Waals surface area contributed by atoms with Crippen LogP contribution in [0.5, 0.6) is 11.5 Å². The predicted molar refractivity (Wildman–Crippen MR) is 91.2 cm³/mol. The van der Waals surface area contributed by atoms with Crippen molar-refractivity contribution in [1.82, 2.24) is 25.0 Å². The fraction of sp³-hybridized carbons (Fsp3) is 0.278. The van der Waals surface area contributed by atoms with E-state index >= 15 is 0 Å². The third-order valence-corrected chi connectivity index (χ3v) is 4.65. The van der Waals surface area contributed by atoms with Crippen molar-refractivity contribution in [3.8, 4) is 23.1 Å². The maximum Gasteiger partial charge on any atom is 0.254 e. The first-order chi connectivity index (χ1) is 13.3. The third-order valence-electron chi connectivity index (χ3n) is 4.65. The smallest absolute Gasteiger partial charge is 0.254 e. The third kappa shape index (κ3) is 2.86. The Labute approximate surface area is 153 Å². The maximum absolute atomic E-state index is 12.8. The van der Waals surface area contributed by atoms with Gasteiger partial charge in [0.15, 0.2) is 11.5 Å². The minimum Gasteiger partial charge on any atom is -0.454 e. The quantitative estimate of drug-likeness (QED) is 0.693. The Balaban J connectivity index is 1.30. The lowest BCUT2D eigenvalue weighted by Gasteiger charge is -2.16. The molecule has 4 heterocycles. The zero-order valence-corrected chi connectivity index (χ0v) is 14.2. The zero-order valence-electron chi connectivity index (χ0n) is 14.2. The molecule has 2 aliphatic heterocycles. The summed E-state index contributed by atoms with van der Waals surface area (Å²) in [4.78, 5) is 27.2. The van der Waals surface area contributed by atoms with Crippen LogP contribution in [-0.4, -0.2) is 50.8 Å². The summed E-state index contributed by atoms with van der Waals surface area (Å²) >= 11 is 0. The van der Waals surface area contributed by atoms with Crippen molar-refractivity contribution >= 4 is 5.91 Å². The second kappa shape index (κ2) is 6.35. The highest BCUT2D eigenvalue weighted by molar-refractivity contribution is 5.95. The van der Waals surface area contributed by atoms with Gasteiger partial charge in [0, 0.05) is 31.0 Å². The molecule has 1 fully saturated rings. The van der Waals surface area contributed by atoms with Crippen LogP contribution in [-0.2, 0) is 0 Å². The Morgan fingerprint density at radius 3 is 2.85 bits per heavy atom. The number of carbonyl (C=O) groups is 1. The molecule has 2 aliphatic rings. The normalized spacial score (nSPS) is 18.1. The van der Waals surface area contributed by atoms with Crippen LogP contribution in [0.2, 0.25) is 0 Å². The molecule has 1 amide bonds. The van der Waals surface area contributed by atoms with Gasteiger partial charge in [0.25, 0.3) is 5.91 Å². The van der Waals surface area contributed by atoms with Crippen LogP contribution in [0, 0.1) is 0 Å². The zero-order chi connectivity index (χ0) is 18.2. The SMILES string of the molecule is O=C(c1ccc2c(c1)OCO2)N1CCC(c2nc(-c3ncccn3)no2)C1. The number of fused-ring (bicyclic) bond motifs is 1. The van der Waals surface area contributed by atoms with Crippen molar-refractivity contribution in [2.45, 2.75) is 12.3 Å². The molecule has 1 unspecified atom stereocenters. The number of benzene rings is 1. The summed E-state index contributed by atoms with van der Waals surface area (Å²) in [5, 5.41) is 3.95. The average molecular weight is 365 g/mol. The van der Waals surface area contributed by atoms with E-state index in [-0.39, 0.29) is 18.6 Å². The standard InChI is InChI=1S/C18H15N5O4/c24-18(11-2-3-13-14(8-11)26-10-25-13)23-7-4-12(9-23)17-21-16(22-27-17)15-19-5-1-6-20-15/h1-3,5-6,8,12H,4,7,9-10H2. The molecule has 1 aromatic carbocycles. The van der Waals surface area contributed by atoms with Crippen molar-refractivity contribution in [1.29, 1.82) is 0 Å². The summed E-state index contributed by atoms with van der Waals surface area (Å²) in [6.45, 7) is 1.32. The number of carbonyl (C=O) groups excluding carboxylic acids is 1. The minimum absolute atomic E-state index is 0.00655. The van der Waals surface area contributed by atoms with Gasteiger partial charge in [-0.3, -0.25) is 4.79 Å². The summed E-state index contributed by atoms with van der Waals surface area (Å²) in [7, 11) is 0. The number of hydrogen-bond acceptors (Lipinski definition) is 8. The Hall–Kier alpha value is -3.49. The number of nitrogens with zero attached hydrogens (tertiary/aromatic N) is 5. The van der Waals surface area contributed by atoms with E-state index in [0.29, 0.717) is 47.7 Å². The molecule has 1 saturated heterocycles. The van der Waals surface area contributed by atoms with Crippen molar-refractivity contribution in [2.75, 3.05) is 19.9 Å². The van der Waals surface area contributed by atoms with Gasteiger partial charge < -0.3 is 18.9 Å². The van der Waals surface area contributed by atoms with Crippen molar-refractivity contribution < 1.29 is 18.8 Å². The van der Waals surface area contributed by atoms with E-state index in [1.54, 1.807) is 41.6 Å². The molecular formula is C18H15N5O4. The highest BCUT2D eigenvalue weighted by Crippen LogP contribution is 2.34. The lowest BCUT2D eigenvalue weighted by molar-refractivity contribution is 0.0789. The lowest BCUT2D eigenvalue weighted by atomic mass is 10.1. The first-order valence-electron chi connectivity index (χ1n) is 8.58. The van der Waals surface area contributed by atoms with Gasteiger partial charge >= 0.3 is 0 Å². The number of ether oxygens (including phenoxy) is 2. The fourth-order valence-corrected chi connectivity index (χ4v) is 3.26. The first kappa shape index (κ1) is 15.7. The summed E-state index contributed by atoms with van der Waals surface area (Å²) in [6.07, 6.45) is 4.01. The molecule has 0 bridgehead atoms. The Morgan fingerprint density at radius 2 is 1.96 bits per heavy atom. The highest BCUT2D eigenvalue weighted by atomic mass is 16.7. The van der Waals surface area contributed by atoms with Crippen LogP contribution in [0.15, 0.2) is 41.2 Å². The van der Waals surface area contributed by atoms with Gasteiger partial charge in [-0.1, -0.05) is 5.16 Å². The molecule has 1 atom stereocenters. The van der Waals surface area contributed by atoms with Crippen LogP contribution < -0.4 is 9.47 Å². The van der Waals surface area contributed by atoms with Crippen LogP contribution in [0.1, 0.15) is 28.6 Å². The second-order valence-electron chi connectivity index (χ2n) is 6.33.